The normalized spacial score (nSPS) is 33.7. The fraction of sp³-hybridized carbons (Fsp3) is 0.543. The van der Waals surface area contributed by atoms with E-state index in [0.29, 0.717) is 6.42 Å². The van der Waals surface area contributed by atoms with E-state index in [9.17, 15) is 14.7 Å². The summed E-state index contributed by atoms with van der Waals surface area (Å²) in [5.74, 6) is -2.56. The van der Waals surface area contributed by atoms with Gasteiger partial charge in [0.1, 0.15) is 18.5 Å². The molecule has 3 aliphatic rings. The van der Waals surface area contributed by atoms with Gasteiger partial charge >= 0.3 is 0 Å². The fourth-order valence-electron chi connectivity index (χ4n) is 7.18. The molecule has 0 unspecified atom stereocenters. The zero-order valence-corrected chi connectivity index (χ0v) is 25.6. The number of aliphatic hydroxyl groups excluding tert-OH is 1. The van der Waals surface area contributed by atoms with E-state index >= 15 is 0 Å². The van der Waals surface area contributed by atoms with Crippen molar-refractivity contribution in [2.45, 2.75) is 70.7 Å². The SMILES string of the molecule is COCO[C@H]1C(=O)C(=O)[C@H](C)[C@@H]([C@]2(OCc3ccccc3)CO[C@@H](c3ccccc3)O[C@H]2CCO)/C=C2\CC[C@H]1C2(C)C. The van der Waals surface area contributed by atoms with Gasteiger partial charge in [0, 0.05) is 37.0 Å². The Morgan fingerprint density at radius 3 is 2.37 bits per heavy atom. The summed E-state index contributed by atoms with van der Waals surface area (Å²) < 4.78 is 31.0. The summed E-state index contributed by atoms with van der Waals surface area (Å²) in [4.78, 5) is 27.9. The summed E-state index contributed by atoms with van der Waals surface area (Å²) in [5.41, 5.74) is 1.38. The lowest BCUT2D eigenvalue weighted by atomic mass is 9.70. The molecule has 0 amide bonds. The van der Waals surface area contributed by atoms with Crippen LogP contribution in [0.25, 0.3) is 0 Å². The van der Waals surface area contributed by atoms with E-state index in [0.717, 1.165) is 23.1 Å². The van der Waals surface area contributed by atoms with Crippen LogP contribution in [0, 0.1) is 23.2 Å². The number of carbonyl (C=O) groups is 2. The van der Waals surface area contributed by atoms with E-state index in [1.807, 2.05) is 60.7 Å². The molecule has 8 heteroatoms. The molecule has 5 rings (SSSR count). The molecule has 1 heterocycles. The molecule has 7 atom stereocenters. The number of allylic oxidation sites excluding steroid dienone is 1. The third kappa shape index (κ3) is 6.27. The van der Waals surface area contributed by atoms with Crippen LogP contribution in [0.2, 0.25) is 0 Å². The Balaban J connectivity index is 1.61. The zero-order valence-electron chi connectivity index (χ0n) is 25.6. The Labute approximate surface area is 254 Å². The van der Waals surface area contributed by atoms with Crippen molar-refractivity contribution in [1.82, 2.24) is 0 Å². The second-order valence-electron chi connectivity index (χ2n) is 12.5. The van der Waals surface area contributed by atoms with Crippen LogP contribution in [0.1, 0.15) is 57.5 Å². The van der Waals surface area contributed by atoms with Crippen molar-refractivity contribution in [2.75, 3.05) is 27.1 Å². The highest BCUT2D eigenvalue weighted by Gasteiger charge is 2.57. The minimum atomic E-state index is -1.17. The van der Waals surface area contributed by atoms with Crippen molar-refractivity contribution in [3.63, 3.8) is 0 Å². The molecule has 43 heavy (non-hydrogen) atoms. The molecule has 0 aromatic heterocycles. The summed E-state index contributed by atoms with van der Waals surface area (Å²) in [7, 11) is 1.51. The molecule has 2 aromatic carbocycles. The van der Waals surface area contributed by atoms with E-state index in [1.54, 1.807) is 6.92 Å². The van der Waals surface area contributed by atoms with Gasteiger partial charge in [0.15, 0.2) is 6.29 Å². The Morgan fingerprint density at radius 2 is 1.70 bits per heavy atom. The van der Waals surface area contributed by atoms with Gasteiger partial charge in [0.2, 0.25) is 11.6 Å². The maximum Gasteiger partial charge on any atom is 0.227 e. The average molecular weight is 593 g/mol. The predicted molar refractivity (Wildman–Crippen MR) is 160 cm³/mol. The van der Waals surface area contributed by atoms with Gasteiger partial charge in [-0.25, -0.2) is 0 Å². The van der Waals surface area contributed by atoms with Crippen molar-refractivity contribution in [1.29, 1.82) is 0 Å². The third-order valence-electron chi connectivity index (χ3n) is 9.72. The van der Waals surface area contributed by atoms with Gasteiger partial charge in [-0.3, -0.25) is 9.59 Å². The maximum atomic E-state index is 14.0. The molecule has 2 fully saturated rings. The van der Waals surface area contributed by atoms with Crippen LogP contribution in [-0.4, -0.2) is 61.6 Å². The van der Waals surface area contributed by atoms with Gasteiger partial charge < -0.3 is 28.8 Å². The number of ketones is 2. The van der Waals surface area contributed by atoms with Gasteiger partial charge in [0.05, 0.1) is 19.3 Å². The molecular weight excluding hydrogens is 548 g/mol. The van der Waals surface area contributed by atoms with Crippen LogP contribution in [0.3, 0.4) is 0 Å². The molecule has 1 N–H and O–H groups in total. The van der Waals surface area contributed by atoms with Crippen LogP contribution < -0.4 is 0 Å². The monoisotopic (exact) mass is 592 g/mol. The minimum absolute atomic E-state index is 0.0711. The summed E-state index contributed by atoms with van der Waals surface area (Å²) in [6.07, 6.45) is 1.71. The number of carbonyl (C=O) groups excluding carboxylic acids is 2. The summed E-state index contributed by atoms with van der Waals surface area (Å²) >= 11 is 0. The lowest BCUT2D eigenvalue weighted by molar-refractivity contribution is -0.322. The summed E-state index contributed by atoms with van der Waals surface area (Å²) in [6, 6.07) is 19.5. The Hall–Kier alpha value is -2.72. The Bertz CT molecular complexity index is 1280. The third-order valence-corrected chi connectivity index (χ3v) is 9.72. The lowest BCUT2D eigenvalue weighted by Gasteiger charge is -2.51. The van der Waals surface area contributed by atoms with E-state index in [-0.39, 0.29) is 39.0 Å². The first kappa shape index (κ1) is 31.7. The van der Waals surface area contributed by atoms with Crippen LogP contribution >= 0.6 is 0 Å². The van der Waals surface area contributed by atoms with Gasteiger partial charge in [-0.05, 0) is 30.2 Å². The zero-order chi connectivity index (χ0) is 30.6. The van der Waals surface area contributed by atoms with E-state index in [4.69, 9.17) is 23.7 Å². The van der Waals surface area contributed by atoms with Crippen LogP contribution in [0.15, 0.2) is 72.3 Å². The van der Waals surface area contributed by atoms with Crippen molar-refractivity contribution in [3.8, 4) is 0 Å². The molecule has 1 saturated carbocycles. The number of aliphatic hydroxyl groups is 1. The first-order chi connectivity index (χ1) is 20.7. The van der Waals surface area contributed by atoms with Gasteiger partial charge in [-0.2, -0.15) is 0 Å². The Kier molecular flexibility index (Phi) is 9.96. The summed E-state index contributed by atoms with van der Waals surface area (Å²) in [5, 5.41) is 10.3. The molecular formula is C35H44O8. The van der Waals surface area contributed by atoms with Crippen molar-refractivity contribution >= 4 is 11.6 Å². The smallest absolute Gasteiger partial charge is 0.227 e. The standard InChI is InChI=1S/C35H44O8/c1-23-28(19-26-15-16-27(34(26,2)3)32(41-22-39-4)31(38)30(23)37)35(42-20-24-11-7-5-8-12-24)21-40-33(43-29(35)17-18-36)25-13-9-6-10-14-25/h5-14,19,23,27-29,32-33,36H,15-18,20-22H2,1-4H3/b26-19+/t23-,27-,28+,29+,32-,33-,35-/m1/s1. The van der Waals surface area contributed by atoms with E-state index in [1.165, 1.54) is 7.11 Å². The second-order valence-corrected chi connectivity index (χ2v) is 12.5. The first-order valence-corrected chi connectivity index (χ1v) is 15.2. The van der Waals surface area contributed by atoms with Crippen molar-refractivity contribution < 1.29 is 38.4 Å². The lowest BCUT2D eigenvalue weighted by Crippen LogP contribution is -2.61. The second kappa shape index (κ2) is 13.5. The number of hydrogen-bond acceptors (Lipinski definition) is 8. The highest BCUT2D eigenvalue weighted by Crippen LogP contribution is 2.53. The van der Waals surface area contributed by atoms with Crippen LogP contribution in [0.4, 0.5) is 0 Å². The number of hydrogen-bond donors (Lipinski definition) is 1. The van der Waals surface area contributed by atoms with Gasteiger partial charge in [-0.15, -0.1) is 0 Å². The number of rotatable bonds is 10. The number of fused-ring (bicyclic) bond motifs is 2. The van der Waals surface area contributed by atoms with Crippen molar-refractivity contribution in [3.05, 3.63) is 83.4 Å². The highest BCUT2D eigenvalue weighted by atomic mass is 16.7. The van der Waals surface area contributed by atoms with Crippen LogP contribution in [-0.2, 0) is 39.9 Å². The number of benzene rings is 2. The van der Waals surface area contributed by atoms with E-state index in [2.05, 4.69) is 19.9 Å². The minimum Gasteiger partial charge on any atom is -0.396 e. The molecule has 1 aliphatic heterocycles. The highest BCUT2D eigenvalue weighted by molar-refractivity contribution is 6.39. The molecule has 0 spiro atoms. The number of Topliss-reactive ketones (excluding diaryl/α,β-unsaturated/α-hetero) is 2. The Morgan fingerprint density at radius 1 is 1.00 bits per heavy atom. The topological polar surface area (TPSA) is 101 Å². The molecule has 2 bridgehead atoms. The predicted octanol–water partition coefficient (Wildman–Crippen LogP) is 5.19. The average Bonchev–Trinajstić information content (AvgIpc) is 3.32. The maximum absolute atomic E-state index is 14.0. The fourth-order valence-corrected chi connectivity index (χ4v) is 7.18. The van der Waals surface area contributed by atoms with Gasteiger partial charge in [-0.1, -0.05) is 93.1 Å². The molecule has 2 aliphatic carbocycles. The van der Waals surface area contributed by atoms with E-state index < -0.39 is 52.9 Å². The van der Waals surface area contributed by atoms with Crippen molar-refractivity contribution in [2.24, 2.45) is 23.2 Å². The number of ether oxygens (including phenoxy) is 5. The molecule has 0 radical (unpaired) electrons. The van der Waals surface area contributed by atoms with Crippen LogP contribution in [0.5, 0.6) is 0 Å². The molecule has 1 saturated heterocycles. The first-order valence-electron chi connectivity index (χ1n) is 15.2. The quantitative estimate of drug-likeness (QED) is 0.229. The summed E-state index contributed by atoms with van der Waals surface area (Å²) in [6.45, 7) is 6.16. The van der Waals surface area contributed by atoms with Gasteiger partial charge in [0.25, 0.3) is 0 Å². The molecule has 8 nitrogen and oxygen atoms in total. The molecule has 232 valence electrons. The largest absolute Gasteiger partial charge is 0.396 e. The number of methoxy groups -OCH3 is 1. The molecule has 2 aromatic rings.